The summed E-state index contributed by atoms with van der Waals surface area (Å²) in [4.78, 5) is 12.3. The molecule has 2 aromatic carbocycles. The largest absolute Gasteiger partial charge is 0.411 e. The van der Waals surface area contributed by atoms with Crippen molar-refractivity contribution in [3.63, 3.8) is 0 Å². The molecule has 1 atom stereocenters. The molecule has 0 bridgehead atoms. The number of halogens is 2. The fourth-order valence-electron chi connectivity index (χ4n) is 2.09. The normalized spacial score (nSPS) is 12.0. The van der Waals surface area contributed by atoms with E-state index in [9.17, 15) is 9.18 Å². The molecule has 134 valence electrons. The van der Waals surface area contributed by atoms with Gasteiger partial charge in [0.1, 0.15) is 5.82 Å². The second-order valence-electron chi connectivity index (χ2n) is 5.62. The van der Waals surface area contributed by atoms with Gasteiger partial charge < -0.3 is 9.73 Å². The zero-order valence-electron chi connectivity index (χ0n) is 14.0. The van der Waals surface area contributed by atoms with Crippen LogP contribution in [0.15, 0.2) is 52.1 Å². The highest BCUT2D eigenvalue weighted by molar-refractivity contribution is 8.00. The Balaban J connectivity index is 1.64. The number of aromatic nitrogens is 2. The van der Waals surface area contributed by atoms with Gasteiger partial charge in [0, 0.05) is 11.3 Å². The number of amides is 1. The van der Waals surface area contributed by atoms with Gasteiger partial charge in [0.2, 0.25) is 11.8 Å². The van der Waals surface area contributed by atoms with Crippen LogP contribution in [-0.2, 0) is 4.79 Å². The summed E-state index contributed by atoms with van der Waals surface area (Å²) in [5.74, 6) is -0.431. The Morgan fingerprint density at radius 3 is 2.65 bits per heavy atom. The van der Waals surface area contributed by atoms with Crippen LogP contribution in [0.1, 0.15) is 12.5 Å². The number of hydrogen-bond acceptors (Lipinski definition) is 5. The highest BCUT2D eigenvalue weighted by Gasteiger charge is 2.19. The monoisotopic (exact) mass is 391 g/mol. The van der Waals surface area contributed by atoms with Crippen LogP contribution in [0.2, 0.25) is 5.02 Å². The molecular weight excluding hydrogens is 377 g/mol. The Kier molecular flexibility index (Phi) is 5.58. The number of carbonyl (C=O) groups excluding carboxylic acids is 1. The summed E-state index contributed by atoms with van der Waals surface area (Å²) in [5, 5.41) is 10.4. The Labute approximate surface area is 159 Å². The van der Waals surface area contributed by atoms with Crippen molar-refractivity contribution in [3.05, 3.63) is 58.9 Å². The van der Waals surface area contributed by atoms with E-state index in [2.05, 4.69) is 15.5 Å². The summed E-state index contributed by atoms with van der Waals surface area (Å²) < 4.78 is 18.8. The molecule has 3 aromatic rings. The maximum atomic E-state index is 13.2. The molecule has 1 N–H and O–H groups in total. The lowest BCUT2D eigenvalue weighted by molar-refractivity contribution is -0.115. The zero-order chi connectivity index (χ0) is 18.7. The lowest BCUT2D eigenvalue weighted by Gasteiger charge is -2.10. The van der Waals surface area contributed by atoms with Gasteiger partial charge >= 0.3 is 0 Å². The van der Waals surface area contributed by atoms with Gasteiger partial charge in [-0.25, -0.2) is 4.39 Å². The van der Waals surface area contributed by atoms with Crippen molar-refractivity contribution in [2.75, 3.05) is 5.32 Å². The molecule has 0 fully saturated rings. The van der Waals surface area contributed by atoms with Gasteiger partial charge in [-0.05, 0) is 44.2 Å². The van der Waals surface area contributed by atoms with E-state index in [0.717, 1.165) is 22.9 Å². The molecule has 0 aliphatic heterocycles. The van der Waals surface area contributed by atoms with Gasteiger partial charge in [-0.3, -0.25) is 4.79 Å². The number of benzene rings is 2. The molecule has 0 aliphatic rings. The van der Waals surface area contributed by atoms with Crippen LogP contribution in [0.4, 0.5) is 10.1 Å². The highest BCUT2D eigenvalue weighted by Crippen LogP contribution is 2.27. The molecule has 26 heavy (non-hydrogen) atoms. The number of thioether (sulfide) groups is 1. The first kappa shape index (κ1) is 18.4. The SMILES string of the molecule is Cc1ccc(-c2nnc(SC(C)C(=O)Nc3ccc(F)c(Cl)c3)o2)cc1. The first-order chi connectivity index (χ1) is 12.4. The van der Waals surface area contributed by atoms with Gasteiger partial charge in [0.15, 0.2) is 0 Å². The summed E-state index contributed by atoms with van der Waals surface area (Å²) >= 11 is 6.85. The smallest absolute Gasteiger partial charge is 0.277 e. The lowest BCUT2D eigenvalue weighted by atomic mass is 10.1. The van der Waals surface area contributed by atoms with Crippen LogP contribution >= 0.6 is 23.4 Å². The predicted molar refractivity (Wildman–Crippen MR) is 99.8 cm³/mol. The number of nitrogens with one attached hydrogen (secondary N) is 1. The maximum Gasteiger partial charge on any atom is 0.277 e. The zero-order valence-corrected chi connectivity index (χ0v) is 15.6. The van der Waals surface area contributed by atoms with Crippen molar-refractivity contribution in [3.8, 4) is 11.5 Å². The fourth-order valence-corrected chi connectivity index (χ4v) is 2.96. The van der Waals surface area contributed by atoms with E-state index >= 15 is 0 Å². The fraction of sp³-hybridized carbons (Fsp3) is 0.167. The summed E-state index contributed by atoms with van der Waals surface area (Å²) in [6.07, 6.45) is 0. The van der Waals surface area contributed by atoms with Crippen LogP contribution in [0, 0.1) is 12.7 Å². The number of aryl methyl sites for hydroxylation is 1. The van der Waals surface area contributed by atoms with Crippen molar-refractivity contribution >= 4 is 35.0 Å². The third-order valence-electron chi connectivity index (χ3n) is 3.54. The van der Waals surface area contributed by atoms with E-state index in [1.165, 1.54) is 18.2 Å². The average molecular weight is 392 g/mol. The van der Waals surface area contributed by atoms with E-state index in [0.29, 0.717) is 16.8 Å². The van der Waals surface area contributed by atoms with Crippen molar-refractivity contribution in [2.24, 2.45) is 0 Å². The van der Waals surface area contributed by atoms with Gasteiger partial charge in [-0.15, -0.1) is 10.2 Å². The van der Waals surface area contributed by atoms with E-state index in [-0.39, 0.29) is 10.9 Å². The van der Waals surface area contributed by atoms with Crippen molar-refractivity contribution in [2.45, 2.75) is 24.3 Å². The summed E-state index contributed by atoms with van der Waals surface area (Å²) in [7, 11) is 0. The summed E-state index contributed by atoms with van der Waals surface area (Å²) in [5.41, 5.74) is 2.36. The second kappa shape index (κ2) is 7.88. The lowest BCUT2D eigenvalue weighted by Crippen LogP contribution is -2.22. The van der Waals surface area contributed by atoms with Crippen LogP contribution in [-0.4, -0.2) is 21.4 Å². The van der Waals surface area contributed by atoms with E-state index < -0.39 is 11.1 Å². The molecule has 1 amide bonds. The molecule has 0 radical (unpaired) electrons. The molecular formula is C18H15ClFN3O2S. The van der Waals surface area contributed by atoms with Crippen molar-refractivity contribution < 1.29 is 13.6 Å². The molecule has 0 spiro atoms. The third-order valence-corrected chi connectivity index (χ3v) is 4.76. The molecule has 1 unspecified atom stereocenters. The summed E-state index contributed by atoms with van der Waals surface area (Å²) in [6.45, 7) is 3.70. The molecule has 5 nitrogen and oxygen atoms in total. The quantitative estimate of drug-likeness (QED) is 0.623. The molecule has 0 saturated heterocycles. The number of anilines is 1. The van der Waals surface area contributed by atoms with Crippen LogP contribution in [0.5, 0.6) is 0 Å². The number of nitrogens with zero attached hydrogens (tertiary/aromatic N) is 2. The minimum Gasteiger partial charge on any atom is -0.411 e. The minimum atomic E-state index is -0.540. The Morgan fingerprint density at radius 1 is 1.23 bits per heavy atom. The molecule has 1 aromatic heterocycles. The van der Waals surface area contributed by atoms with Crippen LogP contribution in [0.3, 0.4) is 0 Å². The maximum absolute atomic E-state index is 13.2. The van der Waals surface area contributed by atoms with E-state index in [1.807, 2.05) is 31.2 Å². The van der Waals surface area contributed by atoms with Gasteiger partial charge in [0.05, 0.1) is 10.3 Å². The Morgan fingerprint density at radius 2 is 1.96 bits per heavy atom. The third kappa shape index (κ3) is 4.42. The number of carbonyl (C=O) groups is 1. The minimum absolute atomic E-state index is 0.0530. The van der Waals surface area contributed by atoms with E-state index in [4.69, 9.17) is 16.0 Å². The number of rotatable bonds is 5. The van der Waals surface area contributed by atoms with Crippen molar-refractivity contribution in [1.29, 1.82) is 0 Å². The number of hydrogen-bond donors (Lipinski definition) is 1. The first-order valence-electron chi connectivity index (χ1n) is 7.75. The highest BCUT2D eigenvalue weighted by atomic mass is 35.5. The predicted octanol–water partition coefficient (Wildman–Crippen LogP) is 4.96. The molecule has 3 rings (SSSR count). The average Bonchev–Trinajstić information content (AvgIpc) is 3.07. The Bertz CT molecular complexity index is 930. The van der Waals surface area contributed by atoms with Gasteiger partial charge in [-0.1, -0.05) is 41.1 Å². The van der Waals surface area contributed by atoms with E-state index in [1.54, 1.807) is 6.92 Å². The van der Waals surface area contributed by atoms with Crippen LogP contribution in [0.25, 0.3) is 11.5 Å². The molecule has 1 heterocycles. The molecule has 0 saturated carbocycles. The molecule has 8 heteroatoms. The second-order valence-corrected chi connectivity index (χ2v) is 7.32. The first-order valence-corrected chi connectivity index (χ1v) is 9.01. The topological polar surface area (TPSA) is 68.0 Å². The van der Waals surface area contributed by atoms with Crippen molar-refractivity contribution in [1.82, 2.24) is 10.2 Å². The molecule has 0 aliphatic carbocycles. The standard InChI is InChI=1S/C18H15ClFN3O2S/c1-10-3-5-12(6-4-10)17-22-23-18(25-17)26-11(2)16(24)21-13-7-8-15(20)14(19)9-13/h3-9,11H,1-2H3,(H,21,24). The van der Waals surface area contributed by atoms with Crippen LogP contribution < -0.4 is 5.32 Å². The summed E-state index contributed by atoms with van der Waals surface area (Å²) in [6, 6.07) is 11.7. The van der Waals surface area contributed by atoms with Gasteiger partial charge in [0.25, 0.3) is 5.22 Å². The van der Waals surface area contributed by atoms with Gasteiger partial charge in [-0.2, -0.15) is 0 Å². The Hall–Kier alpha value is -2.38.